The molecule has 481 valence electrons. The number of amides is 10. The zero-order valence-electron chi connectivity index (χ0n) is 53.9. The van der Waals surface area contributed by atoms with Crippen molar-refractivity contribution in [2.24, 2.45) is 23.7 Å². The quantitative estimate of drug-likeness (QED) is 0.0314. The summed E-state index contributed by atoms with van der Waals surface area (Å²) in [5, 5.41) is 43.9. The third kappa shape index (κ3) is 26.1. The van der Waals surface area contributed by atoms with Crippen LogP contribution in [0.3, 0.4) is 0 Å². The summed E-state index contributed by atoms with van der Waals surface area (Å²) in [5.41, 5.74) is -6.83. The SMILES string of the molecule is CCCCCCCCNC(C)(C)C(=O)NCC(=O)N[C@@H](CC(C)C)C(=O)NC(C)(C)C(=O)NCC(=O)NCC(=O)N[C@@H](CC(C)C)C(=O)NC1(C(=O)NCC(=O)N[C@H](C(=O)N[C@@H](CC(C)C)C(=O)OC)C(C)CC)CC(C)(C)N([O])C(C)(C)C1. The van der Waals surface area contributed by atoms with Crippen molar-refractivity contribution in [1.29, 1.82) is 0 Å². The Morgan fingerprint density at radius 1 is 0.524 bits per heavy atom. The van der Waals surface area contributed by atoms with Gasteiger partial charge in [0.15, 0.2) is 0 Å². The molecule has 84 heavy (non-hydrogen) atoms. The monoisotopic (exact) mass is 1190 g/mol. The third-order valence-electron chi connectivity index (χ3n) is 14.7. The van der Waals surface area contributed by atoms with E-state index in [1.165, 1.54) is 33.8 Å². The summed E-state index contributed by atoms with van der Waals surface area (Å²) in [4.78, 5) is 148. The maximum atomic E-state index is 14.5. The first-order chi connectivity index (χ1) is 38.8. The highest BCUT2D eigenvalue weighted by Crippen LogP contribution is 2.43. The highest BCUT2D eigenvalue weighted by atomic mass is 16.5. The standard InChI is InChI=1S/C59H107N12O13/c1-19-21-22-23-24-25-26-64-57(14,15)52(80)62-32-45(74)65-40(27-36(3)4)48(76)69-58(16,17)53(81)61-30-43(72)60-31-44(73)66-41(28-37(5)6)49(77)70-59(34-55(10,11)71(83)56(12,13)35-59)54(82)63-33-46(75)68-47(39(9)20-2)50(78)67-42(29-38(7)8)51(79)84-18/h36-42,47,64H,19-35H2,1-18H3,(H,60,72)(H,61,81)(H,62,80)(H,63,82)(H,65,74)(H,66,73)(H,67,78)(H,68,75)(H,69,76)(H,70,77)/t39?,40-,41-,42-,47-/m0/s1. The topological polar surface area (TPSA) is 352 Å². The van der Waals surface area contributed by atoms with Crippen molar-refractivity contribution in [3.8, 4) is 0 Å². The fourth-order valence-electron chi connectivity index (χ4n) is 10.2. The maximum Gasteiger partial charge on any atom is 0.328 e. The molecule has 0 aromatic heterocycles. The normalized spacial score (nSPS) is 16.6. The van der Waals surface area contributed by atoms with Crippen LogP contribution in [0.25, 0.3) is 0 Å². The lowest BCUT2D eigenvalue weighted by Gasteiger charge is -2.54. The molecule has 0 aromatic rings. The van der Waals surface area contributed by atoms with Gasteiger partial charge < -0.3 is 63.2 Å². The number of nitrogens with one attached hydrogen (secondary N) is 11. The number of hydrogen-bond acceptors (Lipinski definition) is 14. The Kier molecular flexibility index (Phi) is 31.6. The smallest absolute Gasteiger partial charge is 0.328 e. The van der Waals surface area contributed by atoms with Gasteiger partial charge in [0.1, 0.15) is 35.2 Å². The summed E-state index contributed by atoms with van der Waals surface area (Å²) in [6.45, 7) is 27.9. The van der Waals surface area contributed by atoms with E-state index in [0.29, 0.717) is 13.0 Å². The molecule has 1 saturated heterocycles. The van der Waals surface area contributed by atoms with Crippen LogP contribution in [-0.2, 0) is 62.7 Å². The number of ether oxygens (including phenoxy) is 1. The first kappa shape index (κ1) is 76.1. The zero-order valence-corrected chi connectivity index (χ0v) is 53.9. The second kappa shape index (κ2) is 34.9. The minimum Gasteiger partial charge on any atom is -0.467 e. The van der Waals surface area contributed by atoms with E-state index in [0.717, 1.165) is 30.7 Å². The summed E-state index contributed by atoms with van der Waals surface area (Å²) >= 11 is 0. The Morgan fingerprint density at radius 3 is 1.46 bits per heavy atom. The molecule has 0 aromatic carbocycles. The number of carbonyl (C=O) groups is 11. The van der Waals surface area contributed by atoms with Crippen LogP contribution in [0.4, 0.5) is 0 Å². The average Bonchev–Trinajstić information content (AvgIpc) is 1.35. The van der Waals surface area contributed by atoms with Crippen LogP contribution in [0.5, 0.6) is 0 Å². The van der Waals surface area contributed by atoms with Gasteiger partial charge in [0.2, 0.25) is 59.1 Å². The van der Waals surface area contributed by atoms with E-state index < -0.39 is 137 Å². The number of piperidine rings is 1. The van der Waals surface area contributed by atoms with Gasteiger partial charge in [0, 0.05) is 11.1 Å². The average molecular weight is 1190 g/mol. The van der Waals surface area contributed by atoms with Crippen molar-refractivity contribution in [2.75, 3.05) is 39.8 Å². The third-order valence-corrected chi connectivity index (χ3v) is 14.7. The summed E-state index contributed by atoms with van der Waals surface area (Å²) in [7, 11) is 1.21. The molecule has 0 bridgehead atoms. The maximum absolute atomic E-state index is 14.5. The lowest BCUT2D eigenvalue weighted by molar-refractivity contribution is -0.295. The number of nitrogens with zero attached hydrogens (tertiary/aromatic N) is 1. The van der Waals surface area contributed by atoms with Crippen molar-refractivity contribution in [3.05, 3.63) is 0 Å². The van der Waals surface area contributed by atoms with Crippen LogP contribution in [-0.4, -0.2) is 162 Å². The highest BCUT2D eigenvalue weighted by molar-refractivity contribution is 5.99. The number of hydrogen-bond donors (Lipinski definition) is 11. The number of hydroxylamine groups is 2. The molecule has 1 aliphatic heterocycles. The second-order valence-electron chi connectivity index (χ2n) is 26.2. The molecular formula is C59H107N12O13. The zero-order chi connectivity index (χ0) is 64.6. The number of rotatable bonds is 37. The molecule has 1 heterocycles. The van der Waals surface area contributed by atoms with Gasteiger partial charge in [-0.25, -0.2) is 4.79 Å². The van der Waals surface area contributed by atoms with Gasteiger partial charge >= 0.3 is 5.97 Å². The Bertz CT molecular complexity index is 2220. The van der Waals surface area contributed by atoms with Gasteiger partial charge in [0.05, 0.1) is 38.8 Å². The van der Waals surface area contributed by atoms with Crippen molar-refractivity contribution in [2.45, 2.75) is 247 Å². The largest absolute Gasteiger partial charge is 0.467 e. The summed E-state index contributed by atoms with van der Waals surface area (Å²) in [6, 6.07) is -4.41. The Balaban J connectivity index is 3.09. The number of unbranched alkanes of at least 4 members (excludes halogenated alkanes) is 5. The summed E-state index contributed by atoms with van der Waals surface area (Å²) in [6.07, 6.45) is 7.23. The molecule has 1 rings (SSSR count). The Labute approximate surface area is 499 Å². The highest BCUT2D eigenvalue weighted by Gasteiger charge is 2.57. The molecule has 5 atom stereocenters. The van der Waals surface area contributed by atoms with Crippen LogP contribution >= 0.6 is 0 Å². The lowest BCUT2D eigenvalue weighted by atomic mass is 9.69. The summed E-state index contributed by atoms with van der Waals surface area (Å²) in [5.74, 6) is -8.23. The second-order valence-corrected chi connectivity index (χ2v) is 26.2. The first-order valence-corrected chi connectivity index (χ1v) is 30.0. The molecule has 25 nitrogen and oxygen atoms in total. The molecule has 1 radical (unpaired) electrons. The van der Waals surface area contributed by atoms with E-state index in [-0.39, 0.29) is 62.3 Å². The molecule has 11 N–H and O–H groups in total. The van der Waals surface area contributed by atoms with E-state index in [1.54, 1.807) is 62.3 Å². The van der Waals surface area contributed by atoms with Crippen LogP contribution < -0.4 is 58.5 Å². The van der Waals surface area contributed by atoms with Gasteiger partial charge in [-0.1, -0.05) is 101 Å². The predicted molar refractivity (Wildman–Crippen MR) is 318 cm³/mol. The molecular weight excluding hydrogens is 1080 g/mol. The van der Waals surface area contributed by atoms with Gasteiger partial charge in [-0.05, 0) is 124 Å². The molecule has 1 aliphatic rings. The first-order valence-electron chi connectivity index (χ1n) is 30.0. The molecule has 0 aliphatic carbocycles. The van der Waals surface area contributed by atoms with Crippen molar-refractivity contribution in [1.82, 2.24) is 63.5 Å². The molecule has 10 amide bonds. The van der Waals surface area contributed by atoms with Gasteiger partial charge in [-0.3, -0.25) is 47.9 Å². The minimum atomic E-state index is -1.81. The van der Waals surface area contributed by atoms with E-state index in [9.17, 15) is 57.9 Å². The summed E-state index contributed by atoms with van der Waals surface area (Å²) < 4.78 is 4.89. The van der Waals surface area contributed by atoms with E-state index in [2.05, 4.69) is 65.4 Å². The molecule has 25 heteroatoms. The van der Waals surface area contributed by atoms with Crippen LogP contribution in [0.2, 0.25) is 0 Å². The van der Waals surface area contributed by atoms with Crippen molar-refractivity contribution < 1.29 is 62.7 Å². The van der Waals surface area contributed by atoms with Crippen LogP contribution in [0.1, 0.15) is 195 Å². The fourth-order valence-corrected chi connectivity index (χ4v) is 10.2. The molecule has 0 saturated carbocycles. The van der Waals surface area contributed by atoms with Crippen LogP contribution in [0, 0.1) is 23.7 Å². The fraction of sp³-hybridized carbons (Fsp3) is 0.814. The number of esters is 1. The number of methoxy groups -OCH3 is 1. The lowest BCUT2D eigenvalue weighted by Crippen LogP contribution is -2.73. The van der Waals surface area contributed by atoms with Gasteiger partial charge in [-0.2, -0.15) is 0 Å². The number of carbonyl (C=O) groups excluding carboxylic acids is 11. The van der Waals surface area contributed by atoms with E-state index >= 15 is 0 Å². The van der Waals surface area contributed by atoms with Gasteiger partial charge in [-0.15, -0.1) is 10.3 Å². The predicted octanol–water partition coefficient (Wildman–Crippen LogP) is 2.22. The minimum absolute atomic E-state index is 0.0238. The van der Waals surface area contributed by atoms with Crippen molar-refractivity contribution >= 4 is 65.0 Å². The van der Waals surface area contributed by atoms with Gasteiger partial charge in [0.25, 0.3) is 0 Å². The molecule has 0 spiro atoms. The molecule has 1 fully saturated rings. The Morgan fingerprint density at radius 2 is 0.964 bits per heavy atom. The van der Waals surface area contributed by atoms with Crippen molar-refractivity contribution in [3.63, 3.8) is 0 Å². The molecule has 1 unspecified atom stereocenters. The van der Waals surface area contributed by atoms with Crippen LogP contribution in [0.15, 0.2) is 0 Å². The Hall–Kier alpha value is -5.95. The van der Waals surface area contributed by atoms with E-state index in [4.69, 9.17) is 4.74 Å². The van der Waals surface area contributed by atoms with E-state index in [1.807, 2.05) is 34.6 Å².